The second kappa shape index (κ2) is 9.71. The average Bonchev–Trinajstić information content (AvgIpc) is 2.86. The normalized spacial score (nSPS) is 18.4. The smallest absolute Gasteiger partial charge is 0.245 e. The van der Waals surface area contributed by atoms with Crippen LogP contribution in [0.3, 0.4) is 0 Å². The number of rotatable bonds is 10. The molecule has 0 aromatic rings. The second-order valence-corrected chi connectivity index (χ2v) is 4.57. The van der Waals surface area contributed by atoms with E-state index in [9.17, 15) is 9.59 Å². The maximum atomic E-state index is 11.4. The van der Waals surface area contributed by atoms with Gasteiger partial charge in [-0.1, -0.05) is 0 Å². The molecule has 1 unspecified atom stereocenters. The van der Waals surface area contributed by atoms with Crippen LogP contribution in [0.2, 0.25) is 0 Å². The lowest BCUT2D eigenvalue weighted by Crippen LogP contribution is -2.30. The Morgan fingerprint density at radius 3 is 2.63 bits per heavy atom. The molecule has 0 saturated carbocycles. The SMILES string of the molecule is NC(=O)COCCOCC(=O)NCCC1CCNC1. The molecule has 0 bridgehead atoms. The standard InChI is InChI=1S/C12H23N3O4/c13-11(16)8-18-5-6-19-9-12(17)15-4-2-10-1-3-14-7-10/h10,14H,1-9H2,(H2,13,16)(H,15,17). The van der Waals surface area contributed by atoms with Crippen LogP contribution in [0.15, 0.2) is 0 Å². The van der Waals surface area contributed by atoms with E-state index in [0.717, 1.165) is 19.5 Å². The van der Waals surface area contributed by atoms with Gasteiger partial charge < -0.3 is 25.8 Å². The summed E-state index contributed by atoms with van der Waals surface area (Å²) in [7, 11) is 0. The Hall–Kier alpha value is -1.18. The Morgan fingerprint density at radius 1 is 1.26 bits per heavy atom. The van der Waals surface area contributed by atoms with Crippen molar-refractivity contribution in [2.75, 3.05) is 46.1 Å². The Morgan fingerprint density at radius 2 is 2.00 bits per heavy atom. The first-order chi connectivity index (χ1) is 9.18. The van der Waals surface area contributed by atoms with Gasteiger partial charge in [-0.15, -0.1) is 0 Å². The van der Waals surface area contributed by atoms with Gasteiger partial charge in [-0.2, -0.15) is 0 Å². The van der Waals surface area contributed by atoms with E-state index in [0.29, 0.717) is 12.5 Å². The highest BCUT2D eigenvalue weighted by atomic mass is 16.5. The van der Waals surface area contributed by atoms with E-state index in [1.165, 1.54) is 6.42 Å². The largest absolute Gasteiger partial charge is 0.369 e. The van der Waals surface area contributed by atoms with Crippen LogP contribution in [0.5, 0.6) is 0 Å². The summed E-state index contributed by atoms with van der Waals surface area (Å²) in [6.07, 6.45) is 2.18. The van der Waals surface area contributed by atoms with Crippen molar-refractivity contribution < 1.29 is 19.1 Å². The number of carbonyl (C=O) groups is 2. The number of ether oxygens (including phenoxy) is 2. The first kappa shape index (κ1) is 15.9. The van der Waals surface area contributed by atoms with Crippen molar-refractivity contribution >= 4 is 11.8 Å². The predicted molar refractivity (Wildman–Crippen MR) is 69.4 cm³/mol. The predicted octanol–water partition coefficient (Wildman–Crippen LogP) is -1.38. The van der Waals surface area contributed by atoms with Gasteiger partial charge in [0.1, 0.15) is 13.2 Å². The number of carbonyl (C=O) groups excluding carboxylic acids is 2. The lowest BCUT2D eigenvalue weighted by molar-refractivity contribution is -0.128. The highest BCUT2D eigenvalue weighted by molar-refractivity contribution is 5.77. The summed E-state index contributed by atoms with van der Waals surface area (Å²) in [4.78, 5) is 21.7. The second-order valence-electron chi connectivity index (χ2n) is 4.57. The molecule has 1 atom stereocenters. The molecule has 1 aliphatic heterocycles. The van der Waals surface area contributed by atoms with Crippen LogP contribution in [0, 0.1) is 5.92 Å². The van der Waals surface area contributed by atoms with Crippen LogP contribution in [-0.4, -0.2) is 57.9 Å². The van der Waals surface area contributed by atoms with E-state index in [4.69, 9.17) is 15.2 Å². The van der Waals surface area contributed by atoms with Crippen LogP contribution >= 0.6 is 0 Å². The van der Waals surface area contributed by atoms with E-state index in [1.54, 1.807) is 0 Å². The van der Waals surface area contributed by atoms with Crippen LogP contribution in [-0.2, 0) is 19.1 Å². The van der Waals surface area contributed by atoms with Gasteiger partial charge in [0, 0.05) is 6.54 Å². The zero-order chi connectivity index (χ0) is 13.9. The fourth-order valence-corrected chi connectivity index (χ4v) is 1.88. The summed E-state index contributed by atoms with van der Waals surface area (Å²) in [6, 6.07) is 0. The maximum absolute atomic E-state index is 11.4. The molecule has 1 heterocycles. The van der Waals surface area contributed by atoms with Gasteiger partial charge in [0.2, 0.25) is 11.8 Å². The molecule has 0 aliphatic carbocycles. The lowest BCUT2D eigenvalue weighted by Gasteiger charge is -2.09. The summed E-state index contributed by atoms with van der Waals surface area (Å²) >= 11 is 0. The summed E-state index contributed by atoms with van der Waals surface area (Å²) in [5, 5.41) is 6.10. The van der Waals surface area contributed by atoms with Crippen LogP contribution in [0.4, 0.5) is 0 Å². The fraction of sp³-hybridized carbons (Fsp3) is 0.833. The molecule has 7 heteroatoms. The number of nitrogens with two attached hydrogens (primary N) is 1. The first-order valence-corrected chi connectivity index (χ1v) is 6.59. The molecule has 4 N–H and O–H groups in total. The molecule has 0 aromatic heterocycles. The number of nitrogens with one attached hydrogen (secondary N) is 2. The van der Waals surface area contributed by atoms with Crippen LogP contribution < -0.4 is 16.4 Å². The van der Waals surface area contributed by atoms with Gasteiger partial charge in [0.25, 0.3) is 0 Å². The van der Waals surface area contributed by atoms with Gasteiger partial charge in [-0.3, -0.25) is 9.59 Å². The van der Waals surface area contributed by atoms with Crippen molar-refractivity contribution in [2.45, 2.75) is 12.8 Å². The zero-order valence-electron chi connectivity index (χ0n) is 11.2. The Balaban J connectivity index is 1.86. The minimum atomic E-state index is -0.515. The van der Waals surface area contributed by atoms with E-state index in [-0.39, 0.29) is 32.3 Å². The van der Waals surface area contributed by atoms with E-state index in [1.807, 2.05) is 0 Å². The molecule has 0 radical (unpaired) electrons. The molecule has 19 heavy (non-hydrogen) atoms. The van der Waals surface area contributed by atoms with Crippen molar-refractivity contribution in [3.8, 4) is 0 Å². The van der Waals surface area contributed by atoms with Crippen LogP contribution in [0.25, 0.3) is 0 Å². The van der Waals surface area contributed by atoms with E-state index < -0.39 is 5.91 Å². The third-order valence-electron chi connectivity index (χ3n) is 2.89. The van der Waals surface area contributed by atoms with Crippen molar-refractivity contribution in [1.82, 2.24) is 10.6 Å². The molecule has 0 spiro atoms. The first-order valence-electron chi connectivity index (χ1n) is 6.59. The van der Waals surface area contributed by atoms with Gasteiger partial charge in [0.15, 0.2) is 0 Å². The van der Waals surface area contributed by atoms with E-state index >= 15 is 0 Å². The Labute approximate surface area is 113 Å². The molecule has 1 saturated heterocycles. The minimum Gasteiger partial charge on any atom is -0.369 e. The van der Waals surface area contributed by atoms with Crippen molar-refractivity contribution in [3.05, 3.63) is 0 Å². The van der Waals surface area contributed by atoms with Crippen LogP contribution in [0.1, 0.15) is 12.8 Å². The average molecular weight is 273 g/mol. The molecule has 110 valence electrons. The van der Waals surface area contributed by atoms with Gasteiger partial charge in [-0.05, 0) is 31.8 Å². The fourth-order valence-electron chi connectivity index (χ4n) is 1.88. The summed E-state index contributed by atoms with van der Waals surface area (Å²) in [6.45, 7) is 3.23. The molecule has 1 aliphatic rings. The summed E-state index contributed by atoms with van der Waals surface area (Å²) < 4.78 is 9.99. The number of amides is 2. The summed E-state index contributed by atoms with van der Waals surface area (Å²) in [5.74, 6) is 0.0309. The molecule has 7 nitrogen and oxygen atoms in total. The lowest BCUT2D eigenvalue weighted by atomic mass is 10.1. The summed E-state index contributed by atoms with van der Waals surface area (Å²) in [5.41, 5.74) is 4.89. The van der Waals surface area contributed by atoms with Crippen molar-refractivity contribution in [3.63, 3.8) is 0 Å². The third-order valence-corrected chi connectivity index (χ3v) is 2.89. The zero-order valence-corrected chi connectivity index (χ0v) is 11.2. The highest BCUT2D eigenvalue weighted by Crippen LogP contribution is 2.10. The molecule has 2 amide bonds. The topological polar surface area (TPSA) is 103 Å². The number of hydrogen-bond acceptors (Lipinski definition) is 5. The van der Waals surface area contributed by atoms with Gasteiger partial charge in [-0.25, -0.2) is 0 Å². The minimum absolute atomic E-state index is 0.0167. The molecular formula is C12H23N3O4. The highest BCUT2D eigenvalue weighted by Gasteiger charge is 2.13. The maximum Gasteiger partial charge on any atom is 0.245 e. The van der Waals surface area contributed by atoms with Gasteiger partial charge in [0.05, 0.1) is 13.2 Å². The Kier molecular flexibility index (Phi) is 8.11. The number of hydrogen-bond donors (Lipinski definition) is 3. The van der Waals surface area contributed by atoms with E-state index in [2.05, 4.69) is 10.6 Å². The molecule has 1 rings (SSSR count). The van der Waals surface area contributed by atoms with Crippen molar-refractivity contribution in [2.24, 2.45) is 11.7 Å². The Bertz CT molecular complexity index is 280. The van der Waals surface area contributed by atoms with Gasteiger partial charge >= 0.3 is 0 Å². The number of primary amides is 1. The molecule has 0 aromatic carbocycles. The molecule has 1 fully saturated rings. The quantitative estimate of drug-likeness (QED) is 0.426. The molecular weight excluding hydrogens is 250 g/mol. The monoisotopic (exact) mass is 273 g/mol. The third kappa shape index (κ3) is 8.52. The van der Waals surface area contributed by atoms with Crippen molar-refractivity contribution in [1.29, 1.82) is 0 Å².